The lowest BCUT2D eigenvalue weighted by molar-refractivity contribution is 0.794. The van der Waals surface area contributed by atoms with Crippen molar-refractivity contribution in [2.24, 2.45) is 5.92 Å². The van der Waals surface area contributed by atoms with E-state index in [0.717, 1.165) is 0 Å². The molecule has 1 aliphatic rings. The summed E-state index contributed by atoms with van der Waals surface area (Å²) in [6.07, 6.45) is 8.45. The van der Waals surface area contributed by atoms with Crippen LogP contribution in [-0.4, -0.2) is 0 Å². The third kappa shape index (κ3) is 2.42. The van der Waals surface area contributed by atoms with E-state index in [1.165, 1.54) is 16.7 Å². The SMILES string of the molecule is CC(C)C1=C=CC=C(c2ccccc2)C=C1. The van der Waals surface area contributed by atoms with E-state index < -0.39 is 0 Å². The van der Waals surface area contributed by atoms with Crippen LogP contribution >= 0.6 is 0 Å². The van der Waals surface area contributed by atoms with Gasteiger partial charge in [-0.25, -0.2) is 0 Å². The molecule has 1 aromatic rings. The molecule has 0 bridgehead atoms. The minimum absolute atomic E-state index is 0.524. The molecule has 0 heteroatoms. The number of hydrogen-bond acceptors (Lipinski definition) is 0. The smallest absolute Gasteiger partial charge is 0.00347 e. The van der Waals surface area contributed by atoms with E-state index in [2.05, 4.69) is 62.1 Å². The minimum Gasteiger partial charge on any atom is -0.117 e. The number of allylic oxidation sites excluding steroid dienone is 5. The molecular weight excluding hydrogens is 192 g/mol. The number of benzene rings is 1. The zero-order valence-corrected chi connectivity index (χ0v) is 9.77. The topological polar surface area (TPSA) is 0 Å². The van der Waals surface area contributed by atoms with E-state index in [1.807, 2.05) is 12.1 Å². The Morgan fingerprint density at radius 1 is 1.00 bits per heavy atom. The fourth-order valence-corrected chi connectivity index (χ4v) is 1.69. The van der Waals surface area contributed by atoms with Crippen LogP contribution in [0.2, 0.25) is 0 Å². The second kappa shape index (κ2) is 4.83. The summed E-state index contributed by atoms with van der Waals surface area (Å²) in [5.41, 5.74) is 7.05. The molecule has 0 N–H and O–H groups in total. The van der Waals surface area contributed by atoms with Crippen molar-refractivity contribution in [3.63, 3.8) is 0 Å². The molecule has 0 amide bonds. The fraction of sp³-hybridized carbons (Fsp3) is 0.188. The van der Waals surface area contributed by atoms with Gasteiger partial charge in [0.05, 0.1) is 0 Å². The molecule has 0 spiro atoms. The second-order valence-electron chi connectivity index (χ2n) is 4.24. The van der Waals surface area contributed by atoms with Gasteiger partial charge in [0.25, 0.3) is 0 Å². The molecular formula is C16H16. The Labute approximate surface area is 97.3 Å². The highest BCUT2D eigenvalue weighted by Crippen LogP contribution is 2.20. The molecule has 0 fully saturated rings. The van der Waals surface area contributed by atoms with Gasteiger partial charge in [-0.2, -0.15) is 0 Å². The first-order valence-electron chi connectivity index (χ1n) is 5.68. The maximum atomic E-state index is 3.31. The van der Waals surface area contributed by atoms with Gasteiger partial charge in [-0.3, -0.25) is 0 Å². The van der Waals surface area contributed by atoms with Crippen molar-refractivity contribution in [2.75, 3.05) is 0 Å². The molecule has 2 rings (SSSR count). The molecule has 0 saturated carbocycles. The molecule has 0 radical (unpaired) electrons. The summed E-state index contributed by atoms with van der Waals surface area (Å²) >= 11 is 0. The lowest BCUT2D eigenvalue weighted by atomic mass is 10.0. The molecule has 1 aliphatic carbocycles. The van der Waals surface area contributed by atoms with E-state index in [1.54, 1.807) is 0 Å². The molecule has 0 saturated heterocycles. The van der Waals surface area contributed by atoms with Crippen molar-refractivity contribution in [2.45, 2.75) is 13.8 Å². The first-order chi connectivity index (χ1) is 7.77. The van der Waals surface area contributed by atoms with Gasteiger partial charge in [-0.05, 0) is 34.8 Å². The normalized spacial score (nSPS) is 14.7. The van der Waals surface area contributed by atoms with Crippen LogP contribution in [-0.2, 0) is 0 Å². The zero-order chi connectivity index (χ0) is 11.4. The Hall–Kier alpha value is -1.78. The average molecular weight is 208 g/mol. The molecule has 0 nitrogen and oxygen atoms in total. The molecule has 0 aromatic heterocycles. The number of rotatable bonds is 2. The Morgan fingerprint density at radius 2 is 1.75 bits per heavy atom. The van der Waals surface area contributed by atoms with Crippen LogP contribution in [0.3, 0.4) is 0 Å². The first kappa shape index (κ1) is 10.7. The average Bonchev–Trinajstić information content (AvgIpc) is 2.55. The Morgan fingerprint density at radius 3 is 2.44 bits per heavy atom. The third-order valence-corrected chi connectivity index (χ3v) is 2.68. The van der Waals surface area contributed by atoms with Crippen LogP contribution in [0.5, 0.6) is 0 Å². The molecule has 16 heavy (non-hydrogen) atoms. The summed E-state index contributed by atoms with van der Waals surface area (Å²) in [4.78, 5) is 0. The van der Waals surface area contributed by atoms with Crippen molar-refractivity contribution in [1.82, 2.24) is 0 Å². The highest BCUT2D eigenvalue weighted by atomic mass is 14.1. The van der Waals surface area contributed by atoms with E-state index in [-0.39, 0.29) is 0 Å². The van der Waals surface area contributed by atoms with Gasteiger partial charge < -0.3 is 0 Å². The van der Waals surface area contributed by atoms with Gasteiger partial charge in [0, 0.05) is 0 Å². The van der Waals surface area contributed by atoms with Crippen molar-refractivity contribution in [1.29, 1.82) is 0 Å². The van der Waals surface area contributed by atoms with Crippen LogP contribution in [0.4, 0.5) is 0 Å². The van der Waals surface area contributed by atoms with E-state index >= 15 is 0 Å². The van der Waals surface area contributed by atoms with Crippen molar-refractivity contribution in [3.05, 3.63) is 71.5 Å². The van der Waals surface area contributed by atoms with Crippen LogP contribution in [0.15, 0.2) is 65.9 Å². The van der Waals surface area contributed by atoms with Crippen LogP contribution in [0, 0.1) is 5.92 Å². The van der Waals surface area contributed by atoms with Crippen molar-refractivity contribution >= 4 is 5.57 Å². The van der Waals surface area contributed by atoms with Gasteiger partial charge in [0.2, 0.25) is 0 Å². The van der Waals surface area contributed by atoms with E-state index in [9.17, 15) is 0 Å². The standard InChI is InChI=1S/C16H16/c1-13(2)14-9-6-10-16(12-11-14)15-7-4-3-5-8-15/h3-8,10-13H,1-2H3. The summed E-state index contributed by atoms with van der Waals surface area (Å²) in [5.74, 6) is 0.524. The van der Waals surface area contributed by atoms with Gasteiger partial charge >= 0.3 is 0 Å². The minimum atomic E-state index is 0.524. The quantitative estimate of drug-likeness (QED) is 0.633. The second-order valence-corrected chi connectivity index (χ2v) is 4.24. The lowest BCUT2D eigenvalue weighted by Crippen LogP contribution is -1.87. The van der Waals surface area contributed by atoms with Gasteiger partial charge in [0.1, 0.15) is 0 Å². The molecule has 0 heterocycles. The van der Waals surface area contributed by atoms with Gasteiger partial charge in [-0.1, -0.05) is 56.3 Å². The Balaban J connectivity index is 2.29. The molecule has 0 aliphatic heterocycles. The van der Waals surface area contributed by atoms with Crippen LogP contribution in [0.25, 0.3) is 5.57 Å². The first-order valence-corrected chi connectivity index (χ1v) is 5.68. The maximum absolute atomic E-state index is 3.31. The van der Waals surface area contributed by atoms with Gasteiger partial charge in [0.15, 0.2) is 0 Å². The summed E-state index contributed by atoms with van der Waals surface area (Å²) < 4.78 is 0. The maximum Gasteiger partial charge on any atom is -0.00347 e. The largest absolute Gasteiger partial charge is 0.117 e. The highest BCUT2D eigenvalue weighted by Gasteiger charge is 2.01. The third-order valence-electron chi connectivity index (χ3n) is 2.68. The highest BCUT2D eigenvalue weighted by molar-refractivity contribution is 5.76. The Kier molecular flexibility index (Phi) is 3.24. The summed E-state index contributed by atoms with van der Waals surface area (Å²) in [5, 5.41) is 0. The molecule has 80 valence electrons. The van der Waals surface area contributed by atoms with Crippen LogP contribution < -0.4 is 0 Å². The Bertz CT molecular complexity index is 478. The summed E-state index contributed by atoms with van der Waals surface area (Å²) in [6.45, 7) is 4.38. The zero-order valence-electron chi connectivity index (χ0n) is 9.77. The summed E-state index contributed by atoms with van der Waals surface area (Å²) in [7, 11) is 0. The van der Waals surface area contributed by atoms with Gasteiger partial charge in [-0.15, -0.1) is 5.73 Å². The molecule has 0 unspecified atom stereocenters. The fourth-order valence-electron chi connectivity index (χ4n) is 1.69. The van der Waals surface area contributed by atoms with E-state index in [0.29, 0.717) is 5.92 Å². The molecule has 0 atom stereocenters. The van der Waals surface area contributed by atoms with Crippen molar-refractivity contribution in [3.8, 4) is 0 Å². The molecule has 1 aromatic carbocycles. The van der Waals surface area contributed by atoms with Crippen molar-refractivity contribution < 1.29 is 0 Å². The van der Waals surface area contributed by atoms with E-state index in [4.69, 9.17) is 0 Å². The van der Waals surface area contributed by atoms with Crippen LogP contribution in [0.1, 0.15) is 19.4 Å². The summed E-state index contributed by atoms with van der Waals surface area (Å²) in [6, 6.07) is 10.4. The number of hydrogen-bond donors (Lipinski definition) is 0. The monoisotopic (exact) mass is 208 g/mol. The predicted molar refractivity (Wildman–Crippen MR) is 70.0 cm³/mol. The predicted octanol–water partition coefficient (Wildman–Crippen LogP) is 4.38. The lowest BCUT2D eigenvalue weighted by Gasteiger charge is -2.02.